The Morgan fingerprint density at radius 1 is 0.897 bits per heavy atom. The predicted octanol–water partition coefficient (Wildman–Crippen LogP) is -1.35. The molecule has 0 heterocycles. The van der Waals surface area contributed by atoms with Crippen LogP contribution in [-0.4, -0.2) is 59.5 Å². The van der Waals surface area contributed by atoms with E-state index in [1.54, 1.807) is 12.1 Å². The summed E-state index contributed by atoms with van der Waals surface area (Å²) in [5.41, 5.74) is 21.7. The van der Waals surface area contributed by atoms with E-state index in [0.717, 1.165) is 0 Å². The summed E-state index contributed by atoms with van der Waals surface area (Å²) in [6.07, 6.45) is -0.310. The third kappa shape index (κ3) is 11.1. The Labute approximate surface area is 190 Å². The van der Waals surface area contributed by atoms with Crippen molar-refractivity contribution in [2.75, 3.05) is 11.5 Å². The van der Waals surface area contributed by atoms with E-state index >= 15 is 0 Å². The van der Waals surface area contributed by atoms with E-state index in [9.17, 15) is 19.8 Å². The summed E-state index contributed by atoms with van der Waals surface area (Å²) in [6.45, 7) is 0. The number of nitrogens with two attached hydrogens (primary N) is 4. The number of anilines is 2. The van der Waals surface area contributed by atoms with E-state index in [0.29, 0.717) is 11.4 Å². The van der Waals surface area contributed by atoms with E-state index in [-0.39, 0.29) is 69.0 Å². The molecule has 0 aromatic heterocycles. The summed E-state index contributed by atoms with van der Waals surface area (Å²) in [6, 6.07) is 9.57. The summed E-state index contributed by atoms with van der Waals surface area (Å²) in [7, 11) is 0. The van der Waals surface area contributed by atoms with Crippen molar-refractivity contribution in [2.45, 2.75) is 12.5 Å². The molecule has 1 unspecified atom stereocenters. The number of primary amides is 1. The number of rotatable bonds is 5. The van der Waals surface area contributed by atoms with Gasteiger partial charge in [-0.15, -0.1) is 24.8 Å². The molecular formula is C16H22As2Cl2N4O5. The Morgan fingerprint density at radius 2 is 1.28 bits per heavy atom. The molecule has 2 rings (SSSR count). The fraction of sp³-hybridized carbons (Fsp3) is 0.125. The van der Waals surface area contributed by atoms with Gasteiger partial charge < -0.3 is 16.6 Å². The number of hydrogen-bond acceptors (Lipinski definition) is 7. The van der Waals surface area contributed by atoms with Gasteiger partial charge in [-0.25, -0.2) is 0 Å². The van der Waals surface area contributed by atoms with Crippen LogP contribution in [0.4, 0.5) is 11.4 Å². The molecule has 0 fully saturated rings. The first-order chi connectivity index (χ1) is 12.6. The number of phenolic OH excluding ortho intramolecular Hbond substituents is 2. The maximum absolute atomic E-state index is 9.99. The second-order valence-electron chi connectivity index (χ2n) is 5.30. The molecule has 29 heavy (non-hydrogen) atoms. The number of carboxylic acid groups (broad SMARTS) is 1. The predicted molar refractivity (Wildman–Crippen MR) is 120 cm³/mol. The fourth-order valence-electron chi connectivity index (χ4n) is 1.63. The number of carbonyl (C=O) groups excluding carboxylic acids is 1. The maximum atomic E-state index is 9.99. The molecule has 0 bridgehead atoms. The van der Waals surface area contributed by atoms with Gasteiger partial charge in [-0.2, -0.15) is 0 Å². The third-order valence-corrected chi connectivity index (χ3v) is 11.5. The molecule has 1 amide bonds. The van der Waals surface area contributed by atoms with Gasteiger partial charge in [0, 0.05) is 0 Å². The van der Waals surface area contributed by atoms with Gasteiger partial charge in [0.05, 0.1) is 6.42 Å². The van der Waals surface area contributed by atoms with E-state index in [1.807, 2.05) is 24.3 Å². The number of benzene rings is 2. The zero-order valence-electron chi connectivity index (χ0n) is 14.9. The Bertz CT molecular complexity index is 818. The molecule has 0 saturated heterocycles. The molecular weight excluding hydrogens is 549 g/mol. The zero-order chi connectivity index (χ0) is 20.6. The van der Waals surface area contributed by atoms with Crippen LogP contribution in [0.3, 0.4) is 0 Å². The number of nitrogen functional groups attached to an aromatic ring is 2. The number of phenols is 2. The first-order valence-electron chi connectivity index (χ1n) is 7.45. The van der Waals surface area contributed by atoms with Gasteiger partial charge >= 0.3 is 122 Å². The van der Waals surface area contributed by atoms with Crippen molar-refractivity contribution in [1.29, 1.82) is 0 Å². The fourth-order valence-corrected chi connectivity index (χ4v) is 8.76. The molecule has 0 saturated carbocycles. The number of aromatic hydroxyl groups is 2. The minimum absolute atomic E-state index is 0. The van der Waals surface area contributed by atoms with Crippen LogP contribution in [0.2, 0.25) is 0 Å². The quantitative estimate of drug-likeness (QED) is 0.130. The number of halogens is 2. The van der Waals surface area contributed by atoms with Crippen LogP contribution in [0.25, 0.3) is 0 Å². The number of carbonyl (C=O) groups is 2. The van der Waals surface area contributed by atoms with Gasteiger partial charge in [-0.05, 0) is 0 Å². The van der Waals surface area contributed by atoms with E-state index in [1.165, 1.54) is 8.70 Å². The molecule has 2 aromatic carbocycles. The van der Waals surface area contributed by atoms with Crippen LogP contribution in [0.15, 0.2) is 36.4 Å². The third-order valence-electron chi connectivity index (χ3n) is 3.04. The molecule has 0 radical (unpaired) electrons. The van der Waals surface area contributed by atoms with Crippen molar-refractivity contribution in [3.63, 3.8) is 0 Å². The molecule has 0 aliphatic heterocycles. The summed E-state index contributed by atoms with van der Waals surface area (Å²) in [5, 5.41) is 26.8. The SMILES string of the molecule is Cl.Cl.NC(=O)CC(N)C(=O)O.Nc1cc(/[As]=[As]/c2ccc(O)c(N)c2)ccc1O. The normalized spacial score (nSPS) is 10.7. The first kappa shape index (κ1) is 29.4. The average Bonchev–Trinajstić information content (AvgIpc) is 2.59. The molecule has 0 spiro atoms. The Hall–Kier alpha value is -1.76. The molecule has 11 N–H and O–H groups in total. The molecule has 0 aliphatic rings. The van der Waals surface area contributed by atoms with Crippen molar-refractivity contribution in [3.05, 3.63) is 36.4 Å². The van der Waals surface area contributed by atoms with Crippen LogP contribution in [0.1, 0.15) is 6.42 Å². The van der Waals surface area contributed by atoms with Crippen LogP contribution < -0.4 is 31.6 Å². The zero-order valence-corrected chi connectivity index (χ0v) is 20.3. The summed E-state index contributed by atoms with van der Waals surface area (Å²) >= 11 is 0.0278. The number of amides is 1. The average molecular weight is 571 g/mol. The van der Waals surface area contributed by atoms with Crippen molar-refractivity contribution in [1.82, 2.24) is 0 Å². The van der Waals surface area contributed by atoms with E-state index < -0.39 is 17.9 Å². The first-order valence-corrected chi connectivity index (χ1v) is 14.5. The van der Waals surface area contributed by atoms with Crippen LogP contribution in [-0.2, 0) is 9.59 Å². The van der Waals surface area contributed by atoms with Crippen molar-refractivity contribution in [3.8, 4) is 11.5 Å². The molecule has 160 valence electrons. The minimum atomic E-state index is -1.21. The van der Waals surface area contributed by atoms with Crippen LogP contribution in [0, 0.1) is 0 Å². The van der Waals surface area contributed by atoms with Crippen molar-refractivity contribution < 1.29 is 24.9 Å². The number of carboxylic acids is 1. The van der Waals surface area contributed by atoms with Crippen molar-refractivity contribution in [2.24, 2.45) is 11.5 Å². The van der Waals surface area contributed by atoms with Crippen LogP contribution >= 0.6 is 24.8 Å². The molecule has 2 aromatic rings. The Kier molecular flexibility index (Phi) is 14.5. The van der Waals surface area contributed by atoms with Crippen LogP contribution in [0.5, 0.6) is 11.5 Å². The monoisotopic (exact) mass is 570 g/mol. The topological polar surface area (TPSA) is 199 Å². The van der Waals surface area contributed by atoms with Gasteiger partial charge in [-0.3, -0.25) is 9.59 Å². The molecule has 0 aliphatic carbocycles. The summed E-state index contributed by atoms with van der Waals surface area (Å²) < 4.78 is 2.38. The van der Waals surface area contributed by atoms with E-state index in [4.69, 9.17) is 22.3 Å². The number of aliphatic carboxylic acids is 1. The molecule has 9 nitrogen and oxygen atoms in total. The second kappa shape index (κ2) is 14.3. The van der Waals surface area contributed by atoms with Crippen molar-refractivity contribution >= 4 is 83.0 Å². The van der Waals surface area contributed by atoms with Gasteiger partial charge in [-0.1, -0.05) is 0 Å². The van der Waals surface area contributed by atoms with Gasteiger partial charge in [0.15, 0.2) is 0 Å². The summed E-state index contributed by atoms with van der Waals surface area (Å²) in [5.74, 6) is -1.66. The second-order valence-corrected chi connectivity index (χ2v) is 12.7. The Balaban J connectivity index is 0. The standard InChI is InChI=1S/C12H12As2N2O2.C4H8N2O3.2ClH/c15-9-5-7(1-3-11(9)17)13-14-8-2-4-12(18)10(16)6-8;5-2(4(8)9)1-3(6)7;;/h1-6,17-18H,15-16H2;2H,1,5H2,(H2,6,7)(H,8,9);2*1H. The molecule has 1 atom stereocenters. The van der Waals surface area contributed by atoms with E-state index in [2.05, 4.69) is 5.73 Å². The van der Waals surface area contributed by atoms with Gasteiger partial charge in [0.25, 0.3) is 0 Å². The van der Waals surface area contributed by atoms with Gasteiger partial charge in [0.1, 0.15) is 6.04 Å². The molecule has 13 heteroatoms. The summed E-state index contributed by atoms with van der Waals surface area (Å²) in [4.78, 5) is 19.9. The van der Waals surface area contributed by atoms with Gasteiger partial charge in [0.2, 0.25) is 5.91 Å². The Morgan fingerprint density at radius 3 is 1.52 bits per heavy atom. The number of hydrogen-bond donors (Lipinski definition) is 7.